The molecule has 1 aromatic carbocycles. The fourth-order valence-corrected chi connectivity index (χ4v) is 1.74. The smallest absolute Gasteiger partial charge is 0.164 e. The van der Waals surface area contributed by atoms with Crippen LogP contribution in [-0.4, -0.2) is 30.3 Å². The molecule has 0 spiro atoms. The fourth-order valence-electron chi connectivity index (χ4n) is 1.74. The third-order valence-electron chi connectivity index (χ3n) is 2.61. The topological polar surface area (TPSA) is 20.3 Å². The summed E-state index contributed by atoms with van der Waals surface area (Å²) in [7, 11) is 0. The van der Waals surface area contributed by atoms with Crippen molar-refractivity contribution in [1.29, 1.82) is 0 Å². The van der Waals surface area contributed by atoms with Gasteiger partial charge < -0.3 is 0 Å². The Labute approximate surface area is 112 Å². The van der Waals surface area contributed by atoms with Crippen molar-refractivity contribution in [2.45, 2.75) is 6.42 Å². The number of ketones is 1. The Morgan fingerprint density at radius 1 is 1.11 bits per heavy atom. The first kappa shape index (κ1) is 15.2. The van der Waals surface area contributed by atoms with Crippen molar-refractivity contribution in [3.8, 4) is 0 Å². The zero-order valence-corrected chi connectivity index (χ0v) is 10.7. The van der Waals surface area contributed by atoms with E-state index in [1.165, 1.54) is 0 Å². The van der Waals surface area contributed by atoms with Crippen molar-refractivity contribution >= 4 is 5.78 Å². The van der Waals surface area contributed by atoms with Crippen LogP contribution in [0.1, 0.15) is 16.8 Å². The first-order valence-electron chi connectivity index (χ1n) is 6.00. The van der Waals surface area contributed by atoms with Gasteiger partial charge in [-0.15, -0.1) is 13.2 Å². The highest BCUT2D eigenvalue weighted by Gasteiger charge is 2.11. The molecule has 0 heterocycles. The average Bonchev–Trinajstić information content (AvgIpc) is 2.35. The first-order valence-corrected chi connectivity index (χ1v) is 6.00. The molecule has 0 bridgehead atoms. The van der Waals surface area contributed by atoms with Crippen LogP contribution in [0.5, 0.6) is 0 Å². The Bertz CT molecular complexity index is 441. The molecule has 0 aliphatic rings. The third kappa shape index (κ3) is 5.14. The molecule has 0 unspecified atom stereocenters. The minimum atomic E-state index is -0.739. The Balaban J connectivity index is 2.63. The maximum Gasteiger partial charge on any atom is 0.164 e. The fraction of sp³-hybridized carbons (Fsp3) is 0.267. The molecule has 0 aliphatic heterocycles. The van der Waals surface area contributed by atoms with Gasteiger partial charge in [0.25, 0.3) is 0 Å². The minimum absolute atomic E-state index is 0.0645. The van der Waals surface area contributed by atoms with Crippen molar-refractivity contribution in [1.82, 2.24) is 4.90 Å². The highest BCUT2D eigenvalue weighted by molar-refractivity contribution is 5.96. The van der Waals surface area contributed by atoms with E-state index in [4.69, 9.17) is 0 Å². The first-order chi connectivity index (χ1) is 9.06. The van der Waals surface area contributed by atoms with Gasteiger partial charge in [-0.05, 0) is 12.1 Å². The number of hydrogen-bond donors (Lipinski definition) is 0. The van der Waals surface area contributed by atoms with Crippen LogP contribution in [0, 0.1) is 11.6 Å². The Morgan fingerprint density at radius 3 is 2.11 bits per heavy atom. The van der Waals surface area contributed by atoms with E-state index in [0.717, 1.165) is 18.2 Å². The van der Waals surface area contributed by atoms with Gasteiger partial charge >= 0.3 is 0 Å². The highest BCUT2D eigenvalue weighted by atomic mass is 19.1. The summed E-state index contributed by atoms with van der Waals surface area (Å²) in [5, 5.41) is 0. The third-order valence-corrected chi connectivity index (χ3v) is 2.61. The van der Waals surface area contributed by atoms with E-state index in [1.807, 2.05) is 4.90 Å². The number of Topliss-reactive ketones (excluding diaryl/α,β-unsaturated/α-hetero) is 1. The Kier molecular flexibility index (Phi) is 6.09. The summed E-state index contributed by atoms with van der Waals surface area (Å²) in [6.07, 6.45) is 3.66. The number of carbonyl (C=O) groups is 1. The van der Waals surface area contributed by atoms with Crippen molar-refractivity contribution in [3.05, 3.63) is 60.7 Å². The summed E-state index contributed by atoms with van der Waals surface area (Å²) in [5.41, 5.74) is 0.0645. The van der Waals surface area contributed by atoms with Gasteiger partial charge in [-0.1, -0.05) is 12.2 Å². The van der Waals surface area contributed by atoms with E-state index in [9.17, 15) is 13.6 Å². The van der Waals surface area contributed by atoms with Crippen LogP contribution in [-0.2, 0) is 0 Å². The molecule has 0 saturated carbocycles. The Morgan fingerprint density at radius 2 is 1.63 bits per heavy atom. The van der Waals surface area contributed by atoms with Gasteiger partial charge in [0.2, 0.25) is 0 Å². The molecule has 2 nitrogen and oxygen atoms in total. The number of halogens is 2. The predicted octanol–water partition coefficient (Wildman–Crippen LogP) is 3.21. The van der Waals surface area contributed by atoms with Crippen molar-refractivity contribution in [3.63, 3.8) is 0 Å². The minimum Gasteiger partial charge on any atom is -0.296 e. The van der Waals surface area contributed by atoms with Gasteiger partial charge in [-0.2, -0.15) is 0 Å². The lowest BCUT2D eigenvalue weighted by molar-refractivity contribution is 0.0967. The van der Waals surface area contributed by atoms with E-state index in [-0.39, 0.29) is 17.8 Å². The maximum absolute atomic E-state index is 13.0. The second kappa shape index (κ2) is 7.59. The van der Waals surface area contributed by atoms with Gasteiger partial charge in [0.1, 0.15) is 11.6 Å². The molecular formula is C15H17F2NO. The molecule has 0 amide bonds. The summed E-state index contributed by atoms with van der Waals surface area (Å²) in [6.45, 7) is 9.03. The van der Waals surface area contributed by atoms with Gasteiger partial charge in [0.05, 0.1) is 0 Å². The summed E-state index contributed by atoms with van der Waals surface area (Å²) >= 11 is 0. The average molecular weight is 265 g/mol. The summed E-state index contributed by atoms with van der Waals surface area (Å²) in [6, 6.07) is 2.85. The lowest BCUT2D eigenvalue weighted by Gasteiger charge is -2.17. The molecule has 19 heavy (non-hydrogen) atoms. The molecule has 102 valence electrons. The maximum atomic E-state index is 13.0. The van der Waals surface area contributed by atoms with Gasteiger partial charge in [0.15, 0.2) is 5.78 Å². The number of hydrogen-bond acceptors (Lipinski definition) is 2. The molecule has 1 rings (SSSR count). The van der Waals surface area contributed by atoms with E-state index >= 15 is 0 Å². The normalized spacial score (nSPS) is 10.5. The SMILES string of the molecule is C=CCN(CC=C)CCC(=O)c1cc(F)cc(F)c1. The number of carbonyl (C=O) groups excluding carboxylic acids is 1. The van der Waals surface area contributed by atoms with Gasteiger partial charge in [-0.3, -0.25) is 9.69 Å². The second-order valence-corrected chi connectivity index (χ2v) is 4.17. The van der Waals surface area contributed by atoms with Crippen LogP contribution in [0.2, 0.25) is 0 Å². The molecular weight excluding hydrogens is 248 g/mol. The van der Waals surface area contributed by atoms with Gasteiger partial charge in [-0.25, -0.2) is 8.78 Å². The van der Waals surface area contributed by atoms with Gasteiger partial charge in [0, 0.05) is 37.7 Å². The van der Waals surface area contributed by atoms with Crippen LogP contribution in [0.25, 0.3) is 0 Å². The molecule has 1 aromatic rings. The molecule has 0 fully saturated rings. The molecule has 0 atom stereocenters. The molecule has 0 aromatic heterocycles. The van der Waals surface area contributed by atoms with Crippen molar-refractivity contribution in [2.24, 2.45) is 0 Å². The lowest BCUT2D eigenvalue weighted by Crippen LogP contribution is -2.26. The molecule has 0 radical (unpaired) electrons. The monoisotopic (exact) mass is 265 g/mol. The summed E-state index contributed by atoms with van der Waals surface area (Å²) in [5.74, 6) is -1.76. The van der Waals surface area contributed by atoms with Crippen LogP contribution in [0.15, 0.2) is 43.5 Å². The van der Waals surface area contributed by atoms with E-state index in [0.29, 0.717) is 19.6 Å². The molecule has 0 N–H and O–H groups in total. The standard InChI is InChI=1S/C15H17F2NO/c1-3-6-18(7-4-2)8-5-15(19)12-9-13(16)11-14(17)10-12/h3-4,9-11H,1-2,5-8H2. The number of rotatable bonds is 8. The van der Waals surface area contributed by atoms with Crippen LogP contribution in [0.3, 0.4) is 0 Å². The Hall–Kier alpha value is -1.81. The largest absolute Gasteiger partial charge is 0.296 e. The van der Waals surface area contributed by atoms with E-state index in [1.54, 1.807) is 12.2 Å². The zero-order chi connectivity index (χ0) is 14.3. The number of benzene rings is 1. The quantitative estimate of drug-likeness (QED) is 0.531. The van der Waals surface area contributed by atoms with Crippen molar-refractivity contribution in [2.75, 3.05) is 19.6 Å². The van der Waals surface area contributed by atoms with E-state index in [2.05, 4.69) is 13.2 Å². The lowest BCUT2D eigenvalue weighted by atomic mass is 10.1. The van der Waals surface area contributed by atoms with Crippen molar-refractivity contribution < 1.29 is 13.6 Å². The number of nitrogens with zero attached hydrogens (tertiary/aromatic N) is 1. The molecule has 0 saturated heterocycles. The highest BCUT2D eigenvalue weighted by Crippen LogP contribution is 2.10. The van der Waals surface area contributed by atoms with Crippen LogP contribution < -0.4 is 0 Å². The second-order valence-electron chi connectivity index (χ2n) is 4.17. The predicted molar refractivity (Wildman–Crippen MR) is 72.1 cm³/mol. The molecule has 0 aliphatic carbocycles. The van der Waals surface area contributed by atoms with Crippen LogP contribution >= 0.6 is 0 Å². The van der Waals surface area contributed by atoms with Crippen LogP contribution in [0.4, 0.5) is 8.78 Å². The van der Waals surface area contributed by atoms with E-state index < -0.39 is 11.6 Å². The summed E-state index contributed by atoms with van der Waals surface area (Å²) < 4.78 is 26.0. The molecule has 4 heteroatoms. The summed E-state index contributed by atoms with van der Waals surface area (Å²) in [4.78, 5) is 13.8. The zero-order valence-electron chi connectivity index (χ0n) is 10.7.